The molecule has 2 aromatic carbocycles. The number of nitrogens with one attached hydrogen (secondary N) is 1. The summed E-state index contributed by atoms with van der Waals surface area (Å²) in [6.45, 7) is 5.69. The van der Waals surface area contributed by atoms with Gasteiger partial charge < -0.3 is 15.0 Å². The fourth-order valence-corrected chi connectivity index (χ4v) is 2.81. The molecule has 5 nitrogen and oxygen atoms in total. The number of ether oxygens (including phenoxy) is 1. The lowest BCUT2D eigenvalue weighted by Crippen LogP contribution is -2.21. The minimum atomic E-state index is 0.562. The quantitative estimate of drug-likeness (QED) is 0.546. The fraction of sp³-hybridized carbons (Fsp3) is 0.304. The van der Waals surface area contributed by atoms with Crippen LogP contribution in [-0.2, 0) is 6.61 Å². The van der Waals surface area contributed by atoms with E-state index in [0.29, 0.717) is 6.61 Å². The van der Waals surface area contributed by atoms with Gasteiger partial charge in [0, 0.05) is 31.0 Å². The van der Waals surface area contributed by atoms with Gasteiger partial charge in [-0.05, 0) is 43.2 Å². The molecule has 0 radical (unpaired) electrons. The fourth-order valence-electron chi connectivity index (χ4n) is 2.81. The van der Waals surface area contributed by atoms with Crippen molar-refractivity contribution in [1.82, 2.24) is 9.97 Å². The van der Waals surface area contributed by atoms with Gasteiger partial charge >= 0.3 is 0 Å². The predicted molar refractivity (Wildman–Crippen MR) is 115 cm³/mol. The predicted octanol–water partition coefficient (Wildman–Crippen LogP) is 5.34. The average molecular weight is 377 g/mol. The van der Waals surface area contributed by atoms with Crippen LogP contribution in [0.25, 0.3) is 0 Å². The molecule has 0 aliphatic carbocycles. The van der Waals surface area contributed by atoms with Crippen LogP contribution in [0.5, 0.6) is 5.75 Å². The molecule has 0 spiro atoms. The second-order valence-corrected chi connectivity index (χ2v) is 6.89. The van der Waals surface area contributed by atoms with Crippen LogP contribution in [0.15, 0.2) is 60.7 Å². The zero-order valence-electron chi connectivity index (χ0n) is 16.9. The van der Waals surface area contributed by atoms with Gasteiger partial charge in [-0.3, -0.25) is 0 Å². The zero-order chi connectivity index (χ0) is 19.8. The highest BCUT2D eigenvalue weighted by molar-refractivity contribution is 5.58. The maximum Gasteiger partial charge on any atom is 0.227 e. The molecule has 0 unspecified atom stereocenters. The maximum absolute atomic E-state index is 5.84. The number of hydrogen-bond acceptors (Lipinski definition) is 5. The Morgan fingerprint density at radius 2 is 1.75 bits per heavy atom. The molecule has 0 aliphatic rings. The molecule has 0 aliphatic heterocycles. The van der Waals surface area contributed by atoms with Gasteiger partial charge in [-0.1, -0.05) is 43.7 Å². The van der Waals surface area contributed by atoms with Crippen LogP contribution < -0.4 is 15.0 Å². The van der Waals surface area contributed by atoms with Crippen molar-refractivity contribution < 1.29 is 4.74 Å². The van der Waals surface area contributed by atoms with Gasteiger partial charge in [0.15, 0.2) is 0 Å². The zero-order valence-corrected chi connectivity index (χ0v) is 16.9. The number of benzene rings is 2. The van der Waals surface area contributed by atoms with Crippen LogP contribution in [0.2, 0.25) is 0 Å². The molecule has 5 heteroatoms. The molecule has 0 saturated carbocycles. The van der Waals surface area contributed by atoms with Gasteiger partial charge in [0.1, 0.15) is 18.2 Å². The van der Waals surface area contributed by atoms with Gasteiger partial charge in [0.2, 0.25) is 5.95 Å². The molecule has 28 heavy (non-hydrogen) atoms. The Morgan fingerprint density at radius 3 is 2.46 bits per heavy atom. The number of aryl methyl sites for hydroxylation is 1. The average Bonchev–Trinajstić information content (AvgIpc) is 2.72. The highest BCUT2D eigenvalue weighted by Gasteiger charge is 2.07. The molecule has 0 fully saturated rings. The summed E-state index contributed by atoms with van der Waals surface area (Å²) in [5, 5.41) is 3.36. The van der Waals surface area contributed by atoms with E-state index < -0.39 is 0 Å². The summed E-state index contributed by atoms with van der Waals surface area (Å²) in [5.74, 6) is 2.39. The first-order valence-electron chi connectivity index (χ1n) is 9.74. The molecule has 0 saturated heterocycles. The van der Waals surface area contributed by atoms with E-state index in [2.05, 4.69) is 39.2 Å². The summed E-state index contributed by atoms with van der Waals surface area (Å²) in [6, 6.07) is 20.0. The van der Waals surface area contributed by atoms with E-state index in [1.165, 1.54) is 0 Å². The molecule has 0 atom stereocenters. The van der Waals surface area contributed by atoms with Gasteiger partial charge in [-0.15, -0.1) is 0 Å². The molecule has 3 rings (SSSR count). The number of rotatable bonds is 9. The van der Waals surface area contributed by atoms with Crippen LogP contribution in [-0.4, -0.2) is 23.6 Å². The number of hydrogen-bond donors (Lipinski definition) is 1. The van der Waals surface area contributed by atoms with Crippen molar-refractivity contribution in [3.63, 3.8) is 0 Å². The van der Waals surface area contributed by atoms with Crippen molar-refractivity contribution in [3.05, 3.63) is 71.9 Å². The van der Waals surface area contributed by atoms with Crippen LogP contribution >= 0.6 is 0 Å². The molecule has 1 heterocycles. The third-order valence-electron chi connectivity index (χ3n) is 4.41. The maximum atomic E-state index is 5.84. The lowest BCUT2D eigenvalue weighted by Gasteiger charge is -2.18. The largest absolute Gasteiger partial charge is 0.489 e. The summed E-state index contributed by atoms with van der Waals surface area (Å²) in [6.07, 6.45) is 2.28. The minimum Gasteiger partial charge on any atom is -0.489 e. The van der Waals surface area contributed by atoms with Crippen molar-refractivity contribution in [3.8, 4) is 5.75 Å². The highest BCUT2D eigenvalue weighted by atomic mass is 16.5. The second kappa shape index (κ2) is 9.74. The van der Waals surface area contributed by atoms with Gasteiger partial charge in [-0.25, -0.2) is 4.98 Å². The lowest BCUT2D eigenvalue weighted by molar-refractivity contribution is 0.306. The van der Waals surface area contributed by atoms with Gasteiger partial charge in [0.05, 0.1) is 0 Å². The molecule has 0 amide bonds. The molecular weight excluding hydrogens is 348 g/mol. The summed E-state index contributed by atoms with van der Waals surface area (Å²) in [4.78, 5) is 11.3. The van der Waals surface area contributed by atoms with Crippen LogP contribution in [0.3, 0.4) is 0 Å². The van der Waals surface area contributed by atoms with E-state index in [1.54, 1.807) is 0 Å². The number of anilines is 3. The number of aromatic nitrogens is 2. The summed E-state index contributed by atoms with van der Waals surface area (Å²) in [7, 11) is 2.03. The highest BCUT2D eigenvalue weighted by Crippen LogP contribution is 2.21. The normalized spacial score (nSPS) is 10.5. The SMILES string of the molecule is CCCCN(C)c1nc(C)cc(Nc2ccc(OCc3ccccc3)cc2)n1. The first kappa shape index (κ1) is 19.7. The Labute approximate surface area is 167 Å². The molecule has 1 N–H and O–H groups in total. The van der Waals surface area contributed by atoms with E-state index in [0.717, 1.165) is 53.8 Å². The first-order chi connectivity index (χ1) is 13.6. The van der Waals surface area contributed by atoms with Crippen LogP contribution in [0.4, 0.5) is 17.5 Å². The van der Waals surface area contributed by atoms with Crippen molar-refractivity contribution in [2.24, 2.45) is 0 Å². The van der Waals surface area contributed by atoms with Crippen molar-refractivity contribution in [2.45, 2.75) is 33.3 Å². The Balaban J connectivity index is 1.62. The monoisotopic (exact) mass is 376 g/mol. The number of unbranched alkanes of at least 4 members (excludes halogenated alkanes) is 1. The Morgan fingerprint density at radius 1 is 1.00 bits per heavy atom. The first-order valence-corrected chi connectivity index (χ1v) is 9.74. The third kappa shape index (κ3) is 5.71. The molecular formula is C23H28N4O. The van der Waals surface area contributed by atoms with Gasteiger partial charge in [0.25, 0.3) is 0 Å². The lowest BCUT2D eigenvalue weighted by atomic mass is 10.2. The Bertz CT molecular complexity index is 866. The second-order valence-electron chi connectivity index (χ2n) is 6.89. The molecule has 3 aromatic rings. The Kier molecular flexibility index (Phi) is 6.84. The number of nitrogens with zero attached hydrogens (tertiary/aromatic N) is 3. The van der Waals surface area contributed by atoms with Crippen molar-refractivity contribution >= 4 is 17.5 Å². The van der Waals surface area contributed by atoms with Crippen LogP contribution in [0, 0.1) is 6.92 Å². The van der Waals surface area contributed by atoms with Crippen LogP contribution in [0.1, 0.15) is 31.0 Å². The topological polar surface area (TPSA) is 50.3 Å². The van der Waals surface area contributed by atoms with E-state index in [1.807, 2.05) is 62.5 Å². The van der Waals surface area contributed by atoms with Crippen molar-refractivity contribution in [2.75, 3.05) is 23.8 Å². The van der Waals surface area contributed by atoms with Gasteiger partial charge in [-0.2, -0.15) is 4.98 Å². The molecule has 1 aromatic heterocycles. The van der Waals surface area contributed by atoms with E-state index in [-0.39, 0.29) is 0 Å². The molecule has 146 valence electrons. The Hall–Kier alpha value is -3.08. The summed E-state index contributed by atoms with van der Waals surface area (Å²) in [5.41, 5.74) is 3.06. The minimum absolute atomic E-state index is 0.562. The summed E-state index contributed by atoms with van der Waals surface area (Å²) < 4.78 is 5.84. The van der Waals surface area contributed by atoms with E-state index in [4.69, 9.17) is 4.74 Å². The summed E-state index contributed by atoms with van der Waals surface area (Å²) >= 11 is 0. The third-order valence-corrected chi connectivity index (χ3v) is 4.41. The van der Waals surface area contributed by atoms with E-state index >= 15 is 0 Å². The van der Waals surface area contributed by atoms with E-state index in [9.17, 15) is 0 Å². The smallest absolute Gasteiger partial charge is 0.227 e. The van der Waals surface area contributed by atoms with Crippen molar-refractivity contribution in [1.29, 1.82) is 0 Å². The molecule has 0 bridgehead atoms. The standard InChI is InChI=1S/C23H28N4O/c1-4-5-15-27(3)23-24-18(2)16-22(26-23)25-20-11-13-21(14-12-20)28-17-19-9-7-6-8-10-19/h6-14,16H,4-5,15,17H2,1-3H3,(H,24,25,26).